The van der Waals surface area contributed by atoms with Crippen molar-refractivity contribution in [3.63, 3.8) is 0 Å². The molecule has 0 saturated heterocycles. The van der Waals surface area contributed by atoms with Crippen LogP contribution in [0.1, 0.15) is 16.1 Å². The number of carbonyl (C=O) groups excluding carboxylic acids is 1. The lowest BCUT2D eigenvalue weighted by Gasteiger charge is -2.04. The van der Waals surface area contributed by atoms with Crippen molar-refractivity contribution in [2.75, 3.05) is 0 Å². The molecule has 4 heteroatoms. The highest BCUT2D eigenvalue weighted by molar-refractivity contribution is 6.08. The summed E-state index contributed by atoms with van der Waals surface area (Å²) >= 11 is 0. The molecule has 0 radical (unpaired) electrons. The van der Waals surface area contributed by atoms with E-state index in [0.717, 1.165) is 16.3 Å². The third kappa shape index (κ3) is 2.25. The topological polar surface area (TPSA) is 47.8 Å². The summed E-state index contributed by atoms with van der Waals surface area (Å²) in [5.41, 5.74) is 1.43. The van der Waals surface area contributed by atoms with Gasteiger partial charge in [0.05, 0.1) is 12.1 Å². The van der Waals surface area contributed by atoms with Gasteiger partial charge in [0, 0.05) is 18.8 Å². The maximum Gasteiger partial charge on any atom is 0.169 e. The van der Waals surface area contributed by atoms with Gasteiger partial charge in [0.25, 0.3) is 0 Å². The van der Waals surface area contributed by atoms with E-state index in [1.54, 1.807) is 17.9 Å². The van der Waals surface area contributed by atoms with Gasteiger partial charge < -0.3 is 0 Å². The SMILES string of the molecule is Cn1cc(CC(=O)c2cccc3ccccc23)nn1. The predicted octanol–water partition coefficient (Wildman–Crippen LogP) is 2.39. The van der Waals surface area contributed by atoms with Gasteiger partial charge in [-0.25, -0.2) is 0 Å². The standard InChI is InChI=1S/C15H13N3O/c1-18-10-12(16-17-18)9-15(19)14-8-4-6-11-5-2-3-7-13(11)14/h2-8,10H,9H2,1H3. The fourth-order valence-electron chi connectivity index (χ4n) is 2.20. The summed E-state index contributed by atoms with van der Waals surface area (Å²) in [7, 11) is 1.79. The first-order chi connectivity index (χ1) is 9.24. The van der Waals surface area contributed by atoms with Crippen molar-refractivity contribution in [1.29, 1.82) is 0 Å². The summed E-state index contributed by atoms with van der Waals surface area (Å²) in [6, 6.07) is 13.7. The molecule has 0 aliphatic rings. The van der Waals surface area contributed by atoms with Gasteiger partial charge in [-0.05, 0) is 10.8 Å². The van der Waals surface area contributed by atoms with Crippen molar-refractivity contribution >= 4 is 16.6 Å². The predicted molar refractivity (Wildman–Crippen MR) is 73.0 cm³/mol. The number of aromatic nitrogens is 3. The molecule has 4 nitrogen and oxygen atoms in total. The van der Waals surface area contributed by atoms with E-state index < -0.39 is 0 Å². The first kappa shape index (κ1) is 11.6. The molecule has 94 valence electrons. The lowest BCUT2D eigenvalue weighted by atomic mass is 9.99. The number of hydrogen-bond donors (Lipinski definition) is 0. The third-order valence-electron chi connectivity index (χ3n) is 3.08. The normalized spacial score (nSPS) is 10.8. The molecular formula is C15H13N3O. The maximum absolute atomic E-state index is 12.4. The fourth-order valence-corrected chi connectivity index (χ4v) is 2.20. The molecule has 0 aliphatic heterocycles. The molecule has 3 aromatic rings. The molecule has 0 atom stereocenters. The summed E-state index contributed by atoms with van der Waals surface area (Å²) in [5.74, 6) is 0.0669. The number of aryl methyl sites for hydroxylation is 1. The second-order valence-corrected chi connectivity index (χ2v) is 4.51. The Bertz CT molecular complexity index is 740. The molecule has 0 spiro atoms. The molecule has 1 heterocycles. The molecule has 2 aromatic carbocycles. The Balaban J connectivity index is 1.97. The van der Waals surface area contributed by atoms with Crippen LogP contribution in [0.25, 0.3) is 10.8 Å². The molecule has 0 N–H and O–H groups in total. The van der Waals surface area contributed by atoms with Crippen molar-refractivity contribution in [3.8, 4) is 0 Å². The van der Waals surface area contributed by atoms with E-state index in [0.29, 0.717) is 5.69 Å². The number of fused-ring (bicyclic) bond motifs is 1. The quantitative estimate of drug-likeness (QED) is 0.671. The monoisotopic (exact) mass is 251 g/mol. The van der Waals surface area contributed by atoms with Crippen LogP contribution in [0.15, 0.2) is 48.7 Å². The van der Waals surface area contributed by atoms with Crippen LogP contribution >= 0.6 is 0 Å². The van der Waals surface area contributed by atoms with Gasteiger partial charge in [-0.1, -0.05) is 47.7 Å². The molecular weight excluding hydrogens is 238 g/mol. The molecule has 3 rings (SSSR count). The van der Waals surface area contributed by atoms with Gasteiger partial charge in [-0.2, -0.15) is 0 Å². The van der Waals surface area contributed by atoms with E-state index in [1.165, 1.54) is 0 Å². The Morgan fingerprint density at radius 2 is 1.95 bits per heavy atom. The van der Waals surface area contributed by atoms with Crippen molar-refractivity contribution in [1.82, 2.24) is 15.0 Å². The number of hydrogen-bond acceptors (Lipinski definition) is 3. The van der Waals surface area contributed by atoms with Gasteiger partial charge in [-0.15, -0.1) is 5.10 Å². The van der Waals surface area contributed by atoms with Crippen LogP contribution < -0.4 is 0 Å². The summed E-state index contributed by atoms with van der Waals surface area (Å²) in [6.07, 6.45) is 2.05. The lowest BCUT2D eigenvalue weighted by Crippen LogP contribution is -2.04. The van der Waals surface area contributed by atoms with Crippen LogP contribution in [0.3, 0.4) is 0 Å². The summed E-state index contributed by atoms with van der Waals surface area (Å²) in [6.45, 7) is 0. The second-order valence-electron chi connectivity index (χ2n) is 4.51. The Morgan fingerprint density at radius 3 is 2.74 bits per heavy atom. The highest BCUT2D eigenvalue weighted by atomic mass is 16.1. The Hall–Kier alpha value is -2.49. The van der Waals surface area contributed by atoms with Crippen LogP contribution in [0.4, 0.5) is 0 Å². The van der Waals surface area contributed by atoms with Crippen LogP contribution in [0.5, 0.6) is 0 Å². The van der Waals surface area contributed by atoms with Crippen LogP contribution in [-0.2, 0) is 13.5 Å². The number of ketones is 1. The number of nitrogens with zero attached hydrogens (tertiary/aromatic N) is 3. The van der Waals surface area contributed by atoms with E-state index in [2.05, 4.69) is 10.3 Å². The summed E-state index contributed by atoms with van der Waals surface area (Å²) in [5, 5.41) is 9.86. The number of Topliss-reactive ketones (excluding diaryl/α,β-unsaturated/α-hetero) is 1. The van der Waals surface area contributed by atoms with Gasteiger partial charge in [0.1, 0.15) is 0 Å². The van der Waals surface area contributed by atoms with Crippen LogP contribution in [0, 0.1) is 0 Å². The molecule has 19 heavy (non-hydrogen) atoms. The number of carbonyl (C=O) groups is 1. The average Bonchev–Trinajstić information content (AvgIpc) is 2.83. The number of benzene rings is 2. The van der Waals surface area contributed by atoms with E-state index in [-0.39, 0.29) is 12.2 Å². The van der Waals surface area contributed by atoms with Crippen molar-refractivity contribution in [2.45, 2.75) is 6.42 Å². The smallest absolute Gasteiger partial charge is 0.169 e. The van der Waals surface area contributed by atoms with Crippen molar-refractivity contribution in [2.24, 2.45) is 7.05 Å². The first-order valence-corrected chi connectivity index (χ1v) is 6.10. The zero-order valence-electron chi connectivity index (χ0n) is 10.6. The van der Waals surface area contributed by atoms with Gasteiger partial charge >= 0.3 is 0 Å². The summed E-state index contributed by atoms with van der Waals surface area (Å²) < 4.78 is 1.60. The Morgan fingerprint density at radius 1 is 1.16 bits per heavy atom. The van der Waals surface area contributed by atoms with Gasteiger partial charge in [0.15, 0.2) is 5.78 Å². The zero-order chi connectivity index (χ0) is 13.2. The van der Waals surface area contributed by atoms with E-state index in [4.69, 9.17) is 0 Å². The van der Waals surface area contributed by atoms with Crippen LogP contribution in [-0.4, -0.2) is 20.8 Å². The Labute approximate surface area is 110 Å². The third-order valence-corrected chi connectivity index (χ3v) is 3.08. The lowest BCUT2D eigenvalue weighted by molar-refractivity contribution is 0.0993. The molecule has 0 bridgehead atoms. The maximum atomic E-state index is 12.4. The molecule has 0 amide bonds. The first-order valence-electron chi connectivity index (χ1n) is 6.10. The minimum absolute atomic E-state index is 0.0669. The highest BCUT2D eigenvalue weighted by Crippen LogP contribution is 2.19. The van der Waals surface area contributed by atoms with Crippen LogP contribution in [0.2, 0.25) is 0 Å². The molecule has 0 saturated carbocycles. The van der Waals surface area contributed by atoms with Crippen molar-refractivity contribution in [3.05, 3.63) is 59.9 Å². The molecule has 0 unspecified atom stereocenters. The van der Waals surface area contributed by atoms with Crippen molar-refractivity contribution < 1.29 is 4.79 Å². The van der Waals surface area contributed by atoms with E-state index >= 15 is 0 Å². The van der Waals surface area contributed by atoms with E-state index in [9.17, 15) is 4.79 Å². The van der Waals surface area contributed by atoms with E-state index in [1.807, 2.05) is 42.5 Å². The zero-order valence-corrected chi connectivity index (χ0v) is 10.6. The minimum atomic E-state index is 0.0669. The fraction of sp³-hybridized carbons (Fsp3) is 0.133. The molecule has 0 aliphatic carbocycles. The highest BCUT2D eigenvalue weighted by Gasteiger charge is 2.12. The Kier molecular flexibility index (Phi) is 2.83. The van der Waals surface area contributed by atoms with Gasteiger partial charge in [0.2, 0.25) is 0 Å². The average molecular weight is 251 g/mol. The summed E-state index contributed by atoms with van der Waals surface area (Å²) in [4.78, 5) is 12.4. The number of rotatable bonds is 3. The molecule has 0 fully saturated rings. The largest absolute Gasteiger partial charge is 0.294 e. The van der Waals surface area contributed by atoms with Gasteiger partial charge in [-0.3, -0.25) is 9.48 Å². The second kappa shape index (κ2) is 4.65. The molecule has 1 aromatic heterocycles. The minimum Gasteiger partial charge on any atom is -0.294 e.